The molecule has 1 fully saturated rings. The van der Waals surface area contributed by atoms with Crippen molar-refractivity contribution >= 4 is 13.8 Å². The fourth-order valence-corrected chi connectivity index (χ4v) is 8.47. The average Bonchev–Trinajstić information content (AvgIpc) is 3.30. The second-order valence-corrected chi connectivity index (χ2v) is 19.0. The summed E-state index contributed by atoms with van der Waals surface area (Å²) >= 11 is 0. The molecule has 12 nitrogen and oxygen atoms in total. The minimum Gasteiger partial charge on any atom is -0.457 e. The number of allylic oxidation sites excluding steroid dienone is 12. The summed E-state index contributed by atoms with van der Waals surface area (Å²) in [6, 6.07) is 0. The Hall–Kier alpha value is -2.22. The minimum atomic E-state index is -5.03. The van der Waals surface area contributed by atoms with Gasteiger partial charge in [0, 0.05) is 13.0 Å². The van der Waals surface area contributed by atoms with Crippen molar-refractivity contribution in [2.24, 2.45) is 0 Å². The molecule has 0 aromatic heterocycles. The topological polar surface area (TPSA) is 192 Å². The van der Waals surface area contributed by atoms with E-state index in [1.807, 2.05) is 0 Å². The Bertz CT molecular complexity index is 1360. The Balaban J connectivity index is 2.33. The normalized spacial score (nSPS) is 22.0. The number of aliphatic hydroxyl groups is 5. The molecule has 1 aliphatic carbocycles. The molecule has 0 radical (unpaired) electrons. The van der Waals surface area contributed by atoms with Crippen molar-refractivity contribution < 1.29 is 58.3 Å². The van der Waals surface area contributed by atoms with Crippen LogP contribution in [0, 0.1) is 0 Å². The van der Waals surface area contributed by atoms with Crippen LogP contribution in [0.4, 0.5) is 0 Å². The molecule has 6 unspecified atom stereocenters. The van der Waals surface area contributed by atoms with Crippen LogP contribution in [-0.2, 0) is 27.9 Å². The number of esters is 1. The van der Waals surface area contributed by atoms with E-state index in [2.05, 4.69) is 86.8 Å². The molecule has 0 bridgehead atoms. The monoisotopic (exact) mass is 953 g/mol. The fraction of sp³-hybridized carbons (Fsp3) is 0.755. The number of aliphatic hydroxyl groups excluding tert-OH is 5. The number of phosphoric ester groups is 1. The maximum absolute atomic E-state index is 12.8. The molecule has 382 valence electrons. The standard InChI is InChI=1S/C53H93O12P/c1-3-5-7-9-11-13-15-17-19-20-21-22-23-24-25-26-27-29-31-33-35-37-39-41-43-62-44-46(45-63-66(60,61)65-53-51(58)49(56)48(55)50(57)52(53)59)64-47(54)42-40-38-36-34-32-30-28-18-16-14-12-10-8-6-4-2/h6,8,12,14-15,17-18,20-21,23-24,28,46,48-53,55-59H,3-5,7,9-11,13,16,19,22,25-27,29-45H2,1-2H3,(H,60,61)/b8-6-,14-12-,17-15-,21-20-,24-23-,28-18-. The quantitative estimate of drug-likeness (QED) is 0.0147. The first-order chi connectivity index (χ1) is 32.0. The lowest BCUT2D eigenvalue weighted by atomic mass is 9.85. The largest absolute Gasteiger partial charge is 0.472 e. The second-order valence-electron chi connectivity index (χ2n) is 17.6. The Kier molecular flexibility index (Phi) is 40.1. The van der Waals surface area contributed by atoms with Crippen molar-refractivity contribution in [1.82, 2.24) is 0 Å². The highest BCUT2D eigenvalue weighted by atomic mass is 31.2. The Labute approximate surface area is 400 Å². The molecule has 0 aromatic carbocycles. The van der Waals surface area contributed by atoms with Crippen LogP contribution in [0.5, 0.6) is 0 Å². The molecule has 1 aliphatic rings. The third-order valence-electron chi connectivity index (χ3n) is 11.6. The number of hydrogen-bond donors (Lipinski definition) is 6. The van der Waals surface area contributed by atoms with Crippen molar-refractivity contribution in [3.05, 3.63) is 72.9 Å². The first-order valence-corrected chi connectivity index (χ1v) is 27.3. The van der Waals surface area contributed by atoms with Gasteiger partial charge in [0.05, 0.1) is 13.2 Å². The van der Waals surface area contributed by atoms with E-state index < -0.39 is 63.1 Å². The molecular formula is C53H93O12P. The van der Waals surface area contributed by atoms with E-state index in [-0.39, 0.29) is 13.0 Å². The number of hydrogen-bond acceptors (Lipinski definition) is 11. The Morgan fingerprint density at radius 2 is 0.894 bits per heavy atom. The molecule has 66 heavy (non-hydrogen) atoms. The molecule has 1 rings (SSSR count). The summed E-state index contributed by atoms with van der Waals surface area (Å²) in [7, 11) is -5.03. The van der Waals surface area contributed by atoms with Crippen molar-refractivity contribution in [1.29, 1.82) is 0 Å². The van der Waals surface area contributed by atoms with Gasteiger partial charge in [-0.15, -0.1) is 0 Å². The van der Waals surface area contributed by atoms with E-state index in [0.29, 0.717) is 13.0 Å². The van der Waals surface area contributed by atoms with Crippen LogP contribution in [0.2, 0.25) is 0 Å². The number of unbranched alkanes of at least 4 members (excludes halogenated alkanes) is 19. The van der Waals surface area contributed by atoms with Crippen molar-refractivity contribution in [2.75, 3.05) is 19.8 Å². The van der Waals surface area contributed by atoms with Crippen LogP contribution in [0.25, 0.3) is 0 Å². The van der Waals surface area contributed by atoms with Gasteiger partial charge in [-0.3, -0.25) is 13.8 Å². The number of ether oxygens (including phenoxy) is 2. The zero-order chi connectivity index (χ0) is 48.4. The van der Waals surface area contributed by atoms with Gasteiger partial charge in [0.25, 0.3) is 0 Å². The van der Waals surface area contributed by atoms with Crippen molar-refractivity contribution in [2.45, 2.75) is 236 Å². The van der Waals surface area contributed by atoms with E-state index in [1.54, 1.807) is 0 Å². The summed E-state index contributed by atoms with van der Waals surface area (Å²) in [6.45, 7) is 4.11. The maximum atomic E-state index is 12.8. The lowest BCUT2D eigenvalue weighted by Gasteiger charge is -2.41. The Morgan fingerprint density at radius 1 is 0.500 bits per heavy atom. The summed E-state index contributed by atoms with van der Waals surface area (Å²) in [6.07, 6.45) is 44.0. The summed E-state index contributed by atoms with van der Waals surface area (Å²) < 4.78 is 34.3. The van der Waals surface area contributed by atoms with Gasteiger partial charge in [-0.2, -0.15) is 0 Å². The Morgan fingerprint density at radius 3 is 1.36 bits per heavy atom. The highest BCUT2D eigenvalue weighted by Gasteiger charge is 2.51. The predicted octanol–water partition coefficient (Wildman–Crippen LogP) is 11.5. The van der Waals surface area contributed by atoms with Crippen LogP contribution >= 0.6 is 7.82 Å². The van der Waals surface area contributed by atoms with E-state index in [4.69, 9.17) is 18.5 Å². The number of rotatable bonds is 43. The molecule has 0 amide bonds. The molecule has 13 heteroatoms. The van der Waals surface area contributed by atoms with Gasteiger partial charge >= 0.3 is 13.8 Å². The summed E-state index contributed by atoms with van der Waals surface area (Å²) in [4.78, 5) is 23.2. The summed E-state index contributed by atoms with van der Waals surface area (Å²) in [5.41, 5.74) is 0. The second kappa shape index (κ2) is 42.8. The molecule has 0 spiro atoms. The first-order valence-electron chi connectivity index (χ1n) is 25.8. The lowest BCUT2D eigenvalue weighted by Crippen LogP contribution is -2.64. The molecule has 0 aliphatic heterocycles. The van der Waals surface area contributed by atoms with Crippen molar-refractivity contribution in [3.8, 4) is 0 Å². The highest BCUT2D eigenvalue weighted by molar-refractivity contribution is 7.47. The molecule has 0 heterocycles. The first kappa shape index (κ1) is 61.8. The molecule has 0 aromatic rings. The van der Waals surface area contributed by atoms with Gasteiger partial charge in [0.2, 0.25) is 0 Å². The highest BCUT2D eigenvalue weighted by Crippen LogP contribution is 2.47. The summed E-state index contributed by atoms with van der Waals surface area (Å²) in [5, 5.41) is 50.3. The maximum Gasteiger partial charge on any atom is 0.472 e. The number of carbonyl (C=O) groups excluding carboxylic acids is 1. The van der Waals surface area contributed by atoms with Crippen molar-refractivity contribution in [3.63, 3.8) is 0 Å². The van der Waals surface area contributed by atoms with Gasteiger partial charge in [0.1, 0.15) is 42.7 Å². The molecule has 6 atom stereocenters. The third-order valence-corrected chi connectivity index (χ3v) is 12.5. The SMILES string of the molecule is CC/C=C\C/C=C\C/C=C\CCCCCCCC(=O)OC(COCCCCCCCCCCC/C=C\C/C=C\C/C=C\CCCCCCC)COP(=O)(O)OC1C(O)C(O)C(O)C(O)C1O. The zero-order valence-corrected chi connectivity index (χ0v) is 41.9. The number of carbonyl (C=O) groups is 1. The predicted molar refractivity (Wildman–Crippen MR) is 267 cm³/mol. The van der Waals surface area contributed by atoms with Gasteiger partial charge < -0.3 is 39.9 Å². The molecule has 1 saturated carbocycles. The van der Waals surface area contributed by atoms with Gasteiger partial charge in [-0.1, -0.05) is 177 Å². The van der Waals surface area contributed by atoms with Gasteiger partial charge in [-0.25, -0.2) is 4.57 Å². The smallest absolute Gasteiger partial charge is 0.457 e. The van der Waals surface area contributed by atoms with Crippen LogP contribution in [0.15, 0.2) is 72.9 Å². The van der Waals surface area contributed by atoms with E-state index in [9.17, 15) is 39.8 Å². The molecule has 0 saturated heterocycles. The fourth-order valence-electron chi connectivity index (χ4n) is 7.49. The minimum absolute atomic E-state index is 0.0912. The molecular weight excluding hydrogens is 860 g/mol. The molecule has 6 N–H and O–H groups in total. The van der Waals surface area contributed by atoms with Gasteiger partial charge in [0.15, 0.2) is 0 Å². The van der Waals surface area contributed by atoms with Crippen LogP contribution in [0.3, 0.4) is 0 Å². The lowest BCUT2D eigenvalue weighted by molar-refractivity contribution is -0.220. The third kappa shape index (κ3) is 34.1. The van der Waals surface area contributed by atoms with E-state index in [0.717, 1.165) is 96.3 Å². The van der Waals surface area contributed by atoms with E-state index >= 15 is 0 Å². The number of phosphoric acid groups is 1. The summed E-state index contributed by atoms with van der Waals surface area (Å²) in [5.74, 6) is -0.498. The van der Waals surface area contributed by atoms with Gasteiger partial charge in [-0.05, 0) is 83.5 Å². The average molecular weight is 953 g/mol. The van der Waals surface area contributed by atoms with Crippen LogP contribution in [0.1, 0.15) is 194 Å². The van der Waals surface area contributed by atoms with Crippen LogP contribution < -0.4 is 0 Å². The zero-order valence-electron chi connectivity index (χ0n) is 41.0. The van der Waals surface area contributed by atoms with Crippen LogP contribution in [-0.4, -0.2) is 98.9 Å². The van der Waals surface area contributed by atoms with E-state index in [1.165, 1.54) is 70.6 Å².